The quantitative estimate of drug-likeness (QED) is 0.774. The predicted molar refractivity (Wildman–Crippen MR) is 105 cm³/mol. The van der Waals surface area contributed by atoms with E-state index in [0.717, 1.165) is 22.4 Å². The van der Waals surface area contributed by atoms with Gasteiger partial charge in [0.2, 0.25) is 0 Å². The first-order chi connectivity index (χ1) is 12.4. The largest absolute Gasteiger partial charge is 0.322 e. The number of anilines is 1. The van der Waals surface area contributed by atoms with Gasteiger partial charge in [0.05, 0.1) is 12.1 Å². The lowest BCUT2D eigenvalue weighted by atomic mass is 10.1. The Bertz CT molecular complexity index is 1000. The molecule has 2 aromatic carbocycles. The number of carbonyl (C=O) groups excluding carboxylic acids is 1. The number of amides is 1. The molecule has 3 rings (SSSR count). The lowest BCUT2D eigenvalue weighted by Gasteiger charge is -2.12. The number of pyridine rings is 1. The number of aromatic nitrogens is 1. The van der Waals surface area contributed by atoms with Crippen molar-refractivity contribution < 1.29 is 4.79 Å². The zero-order valence-corrected chi connectivity index (χ0v) is 15.2. The number of rotatable bonds is 4. The van der Waals surface area contributed by atoms with Gasteiger partial charge in [-0.15, -0.1) is 0 Å². The number of nitrogens with one attached hydrogen (secondary N) is 1. The zero-order valence-electron chi connectivity index (χ0n) is 15.2. The number of hydrogen-bond acceptors (Lipinski definition) is 2. The summed E-state index contributed by atoms with van der Waals surface area (Å²) in [7, 11) is 0. The molecule has 0 aliphatic heterocycles. The van der Waals surface area contributed by atoms with Gasteiger partial charge in [0.25, 0.3) is 11.5 Å². The highest BCUT2D eigenvalue weighted by Crippen LogP contribution is 2.18. The van der Waals surface area contributed by atoms with E-state index in [4.69, 9.17) is 0 Å². The maximum Gasteiger partial charge on any atom is 0.257 e. The lowest BCUT2D eigenvalue weighted by Crippen LogP contribution is -2.22. The third-order valence-electron chi connectivity index (χ3n) is 4.57. The average Bonchev–Trinajstić information content (AvgIpc) is 2.62. The molecule has 4 heteroatoms. The van der Waals surface area contributed by atoms with Crippen LogP contribution < -0.4 is 10.9 Å². The number of benzene rings is 2. The molecule has 0 spiro atoms. The maximum atomic E-state index is 12.6. The molecule has 1 heterocycles. The van der Waals surface area contributed by atoms with Crippen LogP contribution in [0.1, 0.15) is 32.6 Å². The topological polar surface area (TPSA) is 51.1 Å². The minimum Gasteiger partial charge on any atom is -0.322 e. The fraction of sp³-hybridized carbons (Fsp3) is 0.182. The van der Waals surface area contributed by atoms with Crippen LogP contribution in [0, 0.1) is 20.8 Å². The summed E-state index contributed by atoms with van der Waals surface area (Å²) >= 11 is 0. The van der Waals surface area contributed by atoms with Crippen molar-refractivity contribution >= 4 is 11.6 Å². The van der Waals surface area contributed by atoms with Crippen molar-refractivity contribution in [1.82, 2.24) is 4.57 Å². The van der Waals surface area contributed by atoms with Gasteiger partial charge in [-0.25, -0.2) is 0 Å². The second-order valence-corrected chi connectivity index (χ2v) is 6.57. The predicted octanol–water partition coefficient (Wildman–Crippen LogP) is 4.07. The molecule has 1 N–H and O–H groups in total. The fourth-order valence-corrected chi connectivity index (χ4v) is 2.76. The van der Waals surface area contributed by atoms with Crippen molar-refractivity contribution in [3.05, 3.63) is 99.0 Å². The lowest BCUT2D eigenvalue weighted by molar-refractivity contribution is 0.102. The van der Waals surface area contributed by atoms with Crippen LogP contribution in [0.5, 0.6) is 0 Å². The van der Waals surface area contributed by atoms with Crippen LogP contribution >= 0.6 is 0 Å². The summed E-state index contributed by atoms with van der Waals surface area (Å²) in [6.07, 6.45) is 1.61. The van der Waals surface area contributed by atoms with Gasteiger partial charge in [0.15, 0.2) is 0 Å². The minimum atomic E-state index is -0.226. The number of aryl methyl sites for hydroxylation is 2. The minimum absolute atomic E-state index is 0.131. The highest BCUT2D eigenvalue weighted by atomic mass is 16.2. The molecule has 132 valence electrons. The van der Waals surface area contributed by atoms with E-state index in [1.54, 1.807) is 16.8 Å². The van der Waals surface area contributed by atoms with Gasteiger partial charge in [0, 0.05) is 18.0 Å². The van der Waals surface area contributed by atoms with Gasteiger partial charge >= 0.3 is 0 Å². The van der Waals surface area contributed by atoms with Gasteiger partial charge in [-0.3, -0.25) is 9.59 Å². The van der Waals surface area contributed by atoms with Crippen LogP contribution in [0.2, 0.25) is 0 Å². The zero-order chi connectivity index (χ0) is 18.7. The van der Waals surface area contributed by atoms with Crippen LogP contribution in [0.4, 0.5) is 5.69 Å². The van der Waals surface area contributed by atoms with Gasteiger partial charge in [0.1, 0.15) is 0 Å². The maximum absolute atomic E-state index is 12.6. The summed E-state index contributed by atoms with van der Waals surface area (Å²) in [6.45, 7) is 6.44. The molecule has 4 nitrogen and oxygen atoms in total. The van der Waals surface area contributed by atoms with Crippen LogP contribution in [0.15, 0.2) is 65.6 Å². The molecule has 0 aliphatic carbocycles. The Morgan fingerprint density at radius 1 is 0.962 bits per heavy atom. The van der Waals surface area contributed by atoms with Crippen LogP contribution in [-0.4, -0.2) is 10.5 Å². The third kappa shape index (κ3) is 3.91. The first-order valence-corrected chi connectivity index (χ1v) is 8.57. The SMILES string of the molecule is Cc1ccc(Cn2cc(C(=O)Nc3cccc(C)c3C)ccc2=O)cc1. The Morgan fingerprint density at radius 3 is 2.42 bits per heavy atom. The first kappa shape index (κ1) is 17.7. The second-order valence-electron chi connectivity index (χ2n) is 6.57. The Labute approximate surface area is 153 Å². The number of carbonyl (C=O) groups is 1. The Hall–Kier alpha value is -3.14. The molecule has 26 heavy (non-hydrogen) atoms. The Kier molecular flexibility index (Phi) is 5.03. The summed E-state index contributed by atoms with van der Waals surface area (Å²) in [6, 6.07) is 16.8. The Balaban J connectivity index is 1.84. The summed E-state index contributed by atoms with van der Waals surface area (Å²) in [5.41, 5.74) is 5.45. The molecular formula is C22H22N2O2. The van der Waals surface area contributed by atoms with E-state index in [2.05, 4.69) is 5.32 Å². The summed E-state index contributed by atoms with van der Waals surface area (Å²) in [4.78, 5) is 24.8. The van der Waals surface area contributed by atoms with E-state index < -0.39 is 0 Å². The molecule has 0 bridgehead atoms. The molecule has 0 unspecified atom stereocenters. The summed E-state index contributed by atoms with van der Waals surface area (Å²) in [5.74, 6) is -0.226. The van der Waals surface area contributed by atoms with Gasteiger partial charge in [-0.2, -0.15) is 0 Å². The van der Waals surface area contributed by atoms with E-state index in [0.29, 0.717) is 12.1 Å². The Morgan fingerprint density at radius 2 is 1.69 bits per heavy atom. The molecule has 0 radical (unpaired) electrons. The van der Waals surface area contributed by atoms with Crippen molar-refractivity contribution in [2.75, 3.05) is 5.32 Å². The van der Waals surface area contributed by atoms with E-state index in [1.807, 2.05) is 63.2 Å². The summed E-state index contributed by atoms with van der Waals surface area (Å²) in [5, 5.41) is 2.93. The van der Waals surface area contributed by atoms with Crippen LogP contribution in [0.3, 0.4) is 0 Å². The molecule has 0 aliphatic rings. The highest BCUT2D eigenvalue weighted by molar-refractivity contribution is 6.04. The molecule has 0 saturated heterocycles. The first-order valence-electron chi connectivity index (χ1n) is 8.57. The van der Waals surface area contributed by atoms with Crippen molar-refractivity contribution in [2.45, 2.75) is 27.3 Å². The van der Waals surface area contributed by atoms with Crippen LogP contribution in [-0.2, 0) is 6.54 Å². The monoisotopic (exact) mass is 346 g/mol. The molecule has 1 aromatic heterocycles. The van der Waals surface area contributed by atoms with E-state index in [-0.39, 0.29) is 11.5 Å². The molecule has 1 amide bonds. The van der Waals surface area contributed by atoms with Crippen molar-refractivity contribution in [1.29, 1.82) is 0 Å². The summed E-state index contributed by atoms with van der Waals surface area (Å²) < 4.78 is 1.56. The van der Waals surface area contributed by atoms with Crippen molar-refractivity contribution in [3.63, 3.8) is 0 Å². The molecule has 0 atom stereocenters. The van der Waals surface area contributed by atoms with Gasteiger partial charge in [-0.1, -0.05) is 42.0 Å². The van der Waals surface area contributed by atoms with E-state index in [9.17, 15) is 9.59 Å². The number of nitrogens with zero attached hydrogens (tertiary/aromatic N) is 1. The van der Waals surface area contributed by atoms with E-state index in [1.165, 1.54) is 11.6 Å². The van der Waals surface area contributed by atoms with Crippen molar-refractivity contribution in [2.24, 2.45) is 0 Å². The smallest absolute Gasteiger partial charge is 0.257 e. The van der Waals surface area contributed by atoms with Crippen LogP contribution in [0.25, 0.3) is 0 Å². The highest BCUT2D eigenvalue weighted by Gasteiger charge is 2.10. The third-order valence-corrected chi connectivity index (χ3v) is 4.57. The standard InChI is InChI=1S/C22H22N2O2/c1-15-7-9-18(10-8-15)13-24-14-19(11-12-21(24)25)22(26)23-20-6-4-5-16(2)17(20)3/h4-12,14H,13H2,1-3H3,(H,23,26). The van der Waals surface area contributed by atoms with E-state index >= 15 is 0 Å². The van der Waals surface area contributed by atoms with Gasteiger partial charge < -0.3 is 9.88 Å². The fourth-order valence-electron chi connectivity index (χ4n) is 2.76. The number of hydrogen-bond donors (Lipinski definition) is 1. The van der Waals surface area contributed by atoms with Crippen molar-refractivity contribution in [3.8, 4) is 0 Å². The van der Waals surface area contributed by atoms with Gasteiger partial charge in [-0.05, 0) is 49.6 Å². The normalized spacial score (nSPS) is 10.6. The molecule has 0 fully saturated rings. The average molecular weight is 346 g/mol. The molecule has 0 saturated carbocycles. The molecule has 3 aromatic rings. The second kappa shape index (κ2) is 7.40. The molecular weight excluding hydrogens is 324 g/mol.